The van der Waals surface area contributed by atoms with Crippen LogP contribution in [-0.4, -0.2) is 60.3 Å². The number of nitrogens with one attached hydrogen (secondary N) is 1. The van der Waals surface area contributed by atoms with Crippen LogP contribution in [0.4, 0.5) is 29.2 Å². The molecule has 4 heterocycles. The van der Waals surface area contributed by atoms with Crippen molar-refractivity contribution < 1.29 is 17.6 Å². The summed E-state index contributed by atoms with van der Waals surface area (Å²) in [7, 11) is 0. The number of nitrogens with zero attached hydrogens (tertiary/aromatic N) is 7. The molecule has 1 aromatic carbocycles. The second kappa shape index (κ2) is 8.77. The summed E-state index contributed by atoms with van der Waals surface area (Å²) in [5, 5.41) is 11.7. The van der Waals surface area contributed by atoms with Crippen molar-refractivity contribution in [2.45, 2.75) is 25.3 Å². The summed E-state index contributed by atoms with van der Waals surface area (Å²) >= 11 is 0. The van der Waals surface area contributed by atoms with Crippen LogP contribution in [0.3, 0.4) is 0 Å². The maximum atomic E-state index is 14.3. The van der Waals surface area contributed by atoms with E-state index < -0.39 is 18.1 Å². The number of fused-ring (bicyclic) bond motifs is 1. The lowest BCUT2D eigenvalue weighted by molar-refractivity contribution is 0.0690. The summed E-state index contributed by atoms with van der Waals surface area (Å²) < 4.78 is 57.0. The molecule has 172 valence electrons. The molecular weight excluding hydrogens is 440 g/mol. The van der Waals surface area contributed by atoms with Crippen molar-refractivity contribution in [3.63, 3.8) is 0 Å². The fourth-order valence-electron chi connectivity index (χ4n) is 4.02. The summed E-state index contributed by atoms with van der Waals surface area (Å²) in [6, 6.07) is 5.26. The molecule has 0 spiro atoms. The summed E-state index contributed by atoms with van der Waals surface area (Å²) in [5.74, 6) is -1.43. The van der Waals surface area contributed by atoms with E-state index in [4.69, 9.17) is 0 Å². The number of halogens is 4. The van der Waals surface area contributed by atoms with Gasteiger partial charge in [0.15, 0.2) is 11.5 Å². The highest BCUT2D eigenvalue weighted by molar-refractivity contribution is 5.63. The van der Waals surface area contributed by atoms with Crippen LogP contribution in [0.5, 0.6) is 0 Å². The van der Waals surface area contributed by atoms with Crippen molar-refractivity contribution in [1.29, 1.82) is 0 Å². The topological polar surface area (TPSA) is 76.2 Å². The molecule has 0 amide bonds. The average molecular weight is 460 g/mol. The molecule has 1 aliphatic rings. The van der Waals surface area contributed by atoms with E-state index in [1.807, 2.05) is 0 Å². The molecule has 33 heavy (non-hydrogen) atoms. The van der Waals surface area contributed by atoms with Crippen LogP contribution in [0, 0.1) is 11.6 Å². The smallest absolute Gasteiger partial charge is 0.251 e. The summed E-state index contributed by atoms with van der Waals surface area (Å²) in [6.07, 6.45) is 3.98. The summed E-state index contributed by atoms with van der Waals surface area (Å²) in [6.45, 7) is 0.946. The Morgan fingerprint density at radius 1 is 1.03 bits per heavy atom. The van der Waals surface area contributed by atoms with Gasteiger partial charge in [-0.1, -0.05) is 6.07 Å². The van der Waals surface area contributed by atoms with Gasteiger partial charge in [-0.2, -0.15) is 19.7 Å². The van der Waals surface area contributed by atoms with Crippen LogP contribution in [0.25, 0.3) is 17.0 Å². The molecule has 1 fully saturated rings. The first-order chi connectivity index (χ1) is 16.0. The van der Waals surface area contributed by atoms with Gasteiger partial charge in [0, 0.05) is 25.4 Å². The van der Waals surface area contributed by atoms with Gasteiger partial charge in [-0.15, -0.1) is 0 Å². The lowest BCUT2D eigenvalue weighted by atomic mass is 10.1. The maximum absolute atomic E-state index is 14.3. The molecule has 12 heteroatoms. The van der Waals surface area contributed by atoms with Crippen LogP contribution >= 0.6 is 0 Å². The van der Waals surface area contributed by atoms with Gasteiger partial charge in [0.25, 0.3) is 6.43 Å². The minimum Gasteiger partial charge on any atom is -0.321 e. The van der Waals surface area contributed by atoms with E-state index in [0.717, 1.165) is 12.1 Å². The number of hydrogen-bond acceptors (Lipinski definition) is 6. The van der Waals surface area contributed by atoms with Gasteiger partial charge in [-0.25, -0.2) is 22.5 Å². The number of aromatic nitrogens is 6. The number of likely N-dealkylation sites (tertiary alicyclic amines) is 1. The number of anilines is 2. The van der Waals surface area contributed by atoms with E-state index in [0.29, 0.717) is 37.3 Å². The molecular formula is C21H20F4N8. The zero-order valence-corrected chi connectivity index (χ0v) is 17.4. The Bertz CT molecular complexity index is 1240. The highest BCUT2D eigenvalue weighted by Gasteiger charge is 2.23. The third-order valence-corrected chi connectivity index (χ3v) is 5.63. The van der Waals surface area contributed by atoms with E-state index in [-0.39, 0.29) is 29.9 Å². The number of piperidine rings is 1. The van der Waals surface area contributed by atoms with Crippen molar-refractivity contribution in [3.8, 4) is 11.4 Å². The number of rotatable bonds is 6. The van der Waals surface area contributed by atoms with Gasteiger partial charge < -0.3 is 5.32 Å². The Morgan fingerprint density at radius 2 is 1.79 bits per heavy atom. The molecule has 4 aromatic rings. The molecule has 0 aliphatic carbocycles. The first-order valence-electron chi connectivity index (χ1n) is 10.5. The minimum atomic E-state index is -2.34. The Hall–Kier alpha value is -3.54. The van der Waals surface area contributed by atoms with Gasteiger partial charge in [0.05, 0.1) is 36.2 Å². The molecule has 0 saturated carbocycles. The Morgan fingerprint density at radius 3 is 2.52 bits per heavy atom. The van der Waals surface area contributed by atoms with E-state index in [1.165, 1.54) is 16.8 Å². The zero-order chi connectivity index (χ0) is 22.9. The molecule has 3 aromatic heterocycles. The van der Waals surface area contributed by atoms with E-state index in [1.54, 1.807) is 28.0 Å². The number of alkyl halides is 2. The minimum absolute atomic E-state index is 0.0904. The fraction of sp³-hybridized carbons (Fsp3) is 0.333. The zero-order valence-electron chi connectivity index (χ0n) is 17.4. The number of benzene rings is 1. The fourth-order valence-corrected chi connectivity index (χ4v) is 4.02. The molecule has 5 rings (SSSR count). The van der Waals surface area contributed by atoms with Crippen molar-refractivity contribution in [1.82, 2.24) is 34.3 Å². The highest BCUT2D eigenvalue weighted by atomic mass is 19.3. The van der Waals surface area contributed by atoms with Crippen molar-refractivity contribution in [3.05, 3.63) is 54.5 Å². The van der Waals surface area contributed by atoms with E-state index in [9.17, 15) is 17.6 Å². The van der Waals surface area contributed by atoms with Gasteiger partial charge >= 0.3 is 0 Å². The standard InChI is InChI=1S/C21H20F4N8/c22-15-2-1-3-16(23)19(15)20-29-18-4-7-26-33(18)21(30-20)28-13-10-27-32(11-13)14-5-8-31(9-6-14)12-17(24)25/h1-4,7,10-11,14,17H,5-6,8-9,12H2,(H,28,29,30). The largest absolute Gasteiger partial charge is 0.321 e. The number of hydrogen-bond donors (Lipinski definition) is 1. The van der Waals surface area contributed by atoms with Crippen LogP contribution in [-0.2, 0) is 0 Å². The molecule has 1 N–H and O–H groups in total. The average Bonchev–Trinajstić information content (AvgIpc) is 3.44. The Balaban J connectivity index is 1.38. The predicted molar refractivity (Wildman–Crippen MR) is 112 cm³/mol. The molecule has 0 atom stereocenters. The van der Waals surface area contributed by atoms with Crippen LogP contribution in [0.15, 0.2) is 42.9 Å². The second-order valence-electron chi connectivity index (χ2n) is 7.83. The molecule has 0 radical (unpaired) electrons. The molecule has 1 aliphatic heterocycles. The van der Waals surface area contributed by atoms with Crippen molar-refractivity contribution >= 4 is 17.3 Å². The van der Waals surface area contributed by atoms with Crippen molar-refractivity contribution in [2.24, 2.45) is 0 Å². The van der Waals surface area contributed by atoms with E-state index in [2.05, 4.69) is 25.5 Å². The monoisotopic (exact) mass is 460 g/mol. The SMILES string of the molecule is Fc1cccc(F)c1-c1nc(Nc2cnn(C3CCN(CC(F)F)CC3)c2)n2nccc2n1. The second-order valence-corrected chi connectivity index (χ2v) is 7.83. The van der Waals surface area contributed by atoms with Crippen LogP contribution < -0.4 is 5.32 Å². The quantitative estimate of drug-likeness (QED) is 0.440. The Labute approximate surface area is 185 Å². The van der Waals surface area contributed by atoms with Gasteiger partial charge in [0.2, 0.25) is 5.95 Å². The molecule has 0 unspecified atom stereocenters. The maximum Gasteiger partial charge on any atom is 0.251 e. The van der Waals surface area contributed by atoms with Crippen LogP contribution in [0.1, 0.15) is 18.9 Å². The third-order valence-electron chi connectivity index (χ3n) is 5.63. The molecule has 0 bridgehead atoms. The first kappa shape index (κ1) is 21.3. The van der Waals surface area contributed by atoms with Crippen LogP contribution in [0.2, 0.25) is 0 Å². The normalized spacial score (nSPS) is 15.5. The molecule has 1 saturated heterocycles. The predicted octanol–water partition coefficient (Wildman–Crippen LogP) is 3.91. The van der Waals surface area contributed by atoms with Gasteiger partial charge in [0.1, 0.15) is 11.6 Å². The van der Waals surface area contributed by atoms with E-state index >= 15 is 0 Å². The highest BCUT2D eigenvalue weighted by Crippen LogP contribution is 2.27. The van der Waals surface area contributed by atoms with Crippen molar-refractivity contribution in [2.75, 3.05) is 25.0 Å². The summed E-state index contributed by atoms with van der Waals surface area (Å²) in [5.41, 5.74) is 0.639. The third kappa shape index (κ3) is 4.38. The lowest BCUT2D eigenvalue weighted by Gasteiger charge is -2.31. The lowest BCUT2D eigenvalue weighted by Crippen LogP contribution is -2.37. The Kier molecular flexibility index (Phi) is 5.67. The molecule has 8 nitrogen and oxygen atoms in total. The van der Waals surface area contributed by atoms with Gasteiger partial charge in [-0.05, 0) is 25.0 Å². The summed E-state index contributed by atoms with van der Waals surface area (Å²) in [4.78, 5) is 10.3. The first-order valence-corrected chi connectivity index (χ1v) is 10.5. The van der Waals surface area contributed by atoms with Gasteiger partial charge in [-0.3, -0.25) is 9.58 Å².